The summed E-state index contributed by atoms with van der Waals surface area (Å²) in [6.45, 7) is 3.46. The molecule has 0 amide bonds. The summed E-state index contributed by atoms with van der Waals surface area (Å²) in [4.78, 5) is 13.3. The van der Waals surface area contributed by atoms with Crippen molar-refractivity contribution in [3.05, 3.63) is 71.1 Å². The van der Waals surface area contributed by atoms with Crippen molar-refractivity contribution >= 4 is 5.97 Å². The lowest BCUT2D eigenvalue weighted by atomic mass is 9.83. The molecule has 0 aromatic heterocycles. The van der Waals surface area contributed by atoms with Crippen LogP contribution in [0.3, 0.4) is 0 Å². The van der Waals surface area contributed by atoms with Crippen LogP contribution in [0.5, 0.6) is 0 Å². The van der Waals surface area contributed by atoms with E-state index >= 15 is 0 Å². The lowest BCUT2D eigenvalue weighted by molar-refractivity contribution is -0.137. The molecule has 2 aliphatic carbocycles. The van der Waals surface area contributed by atoms with Crippen LogP contribution >= 0.6 is 0 Å². The summed E-state index contributed by atoms with van der Waals surface area (Å²) in [5.41, 5.74) is 4.92. The standard InChI is InChI=1S/C25H31NO4/c27-24(28)11-10-19-12-15-26(16-13-19)14-4-7-20-5-3-6-21-17-29-18-30-23-9-2-1-8-22(23)25(20)21/h1-3,6-9,17,19,23H,4-5,10-16,18H2,(H,27,28). The van der Waals surface area contributed by atoms with Crippen molar-refractivity contribution in [3.8, 4) is 0 Å². The highest BCUT2D eigenvalue weighted by Crippen LogP contribution is 2.36. The molecule has 0 aromatic rings. The number of likely N-dealkylation sites (tertiary alicyclic amines) is 1. The Hall–Kier alpha value is -2.37. The van der Waals surface area contributed by atoms with Gasteiger partial charge < -0.3 is 19.5 Å². The molecule has 0 bridgehead atoms. The Morgan fingerprint density at radius 2 is 2.10 bits per heavy atom. The number of rotatable bonds is 6. The van der Waals surface area contributed by atoms with Gasteiger partial charge in [-0.2, -0.15) is 0 Å². The number of hydrogen-bond donors (Lipinski definition) is 1. The second-order valence-corrected chi connectivity index (χ2v) is 8.36. The van der Waals surface area contributed by atoms with Crippen molar-refractivity contribution < 1.29 is 19.4 Å². The van der Waals surface area contributed by atoms with Gasteiger partial charge in [0, 0.05) is 18.5 Å². The zero-order chi connectivity index (χ0) is 20.8. The van der Waals surface area contributed by atoms with Gasteiger partial charge in [-0.1, -0.05) is 42.5 Å². The molecule has 1 atom stereocenters. The smallest absolute Gasteiger partial charge is 0.303 e. The van der Waals surface area contributed by atoms with Crippen LogP contribution in [-0.4, -0.2) is 48.5 Å². The van der Waals surface area contributed by atoms with E-state index in [9.17, 15) is 4.79 Å². The van der Waals surface area contributed by atoms with Gasteiger partial charge in [0.25, 0.3) is 0 Å². The molecule has 1 fully saturated rings. The lowest BCUT2D eigenvalue weighted by Gasteiger charge is -2.31. The number of aliphatic carboxylic acids is 1. The van der Waals surface area contributed by atoms with Crippen LogP contribution in [0.15, 0.2) is 71.1 Å². The Morgan fingerprint density at radius 3 is 2.93 bits per heavy atom. The van der Waals surface area contributed by atoms with Gasteiger partial charge >= 0.3 is 5.97 Å². The SMILES string of the molecule is O=C(O)CCC1CCN(CCC=C2CC=CC3=COCOC4C=CC=CC4=C32)CC1. The van der Waals surface area contributed by atoms with Gasteiger partial charge in [-0.15, -0.1) is 0 Å². The Kier molecular flexibility index (Phi) is 7.03. The van der Waals surface area contributed by atoms with E-state index in [2.05, 4.69) is 41.4 Å². The first kappa shape index (κ1) is 20.9. The number of carboxylic acid groups (broad SMARTS) is 1. The van der Waals surface area contributed by atoms with Gasteiger partial charge in [0.1, 0.15) is 6.10 Å². The fourth-order valence-electron chi connectivity index (χ4n) is 4.70. The first-order valence-electron chi connectivity index (χ1n) is 11.0. The molecule has 4 aliphatic rings. The summed E-state index contributed by atoms with van der Waals surface area (Å²) < 4.78 is 11.5. The van der Waals surface area contributed by atoms with Gasteiger partial charge in [0.15, 0.2) is 6.79 Å². The van der Waals surface area contributed by atoms with Crippen molar-refractivity contribution in [1.29, 1.82) is 0 Å². The lowest BCUT2D eigenvalue weighted by Crippen LogP contribution is -2.34. The molecule has 0 radical (unpaired) electrons. The number of nitrogens with zero attached hydrogens (tertiary/aromatic N) is 1. The van der Waals surface area contributed by atoms with E-state index in [0.717, 1.165) is 57.3 Å². The minimum absolute atomic E-state index is 0.0616. The van der Waals surface area contributed by atoms with E-state index in [-0.39, 0.29) is 12.9 Å². The van der Waals surface area contributed by atoms with Crippen LogP contribution in [0, 0.1) is 5.92 Å². The third kappa shape index (κ3) is 5.21. The molecule has 0 spiro atoms. The highest BCUT2D eigenvalue weighted by atomic mass is 16.7. The average Bonchev–Trinajstić information content (AvgIpc) is 2.75. The molecule has 160 valence electrons. The summed E-state index contributed by atoms with van der Waals surface area (Å²) in [6, 6.07) is 0. The van der Waals surface area contributed by atoms with Crippen molar-refractivity contribution in [3.63, 3.8) is 0 Å². The number of carboxylic acids is 1. The highest BCUT2D eigenvalue weighted by Gasteiger charge is 2.25. The molecule has 5 nitrogen and oxygen atoms in total. The number of fused-ring (bicyclic) bond motifs is 2. The summed E-state index contributed by atoms with van der Waals surface area (Å²) in [7, 11) is 0. The molecular weight excluding hydrogens is 378 g/mol. The summed E-state index contributed by atoms with van der Waals surface area (Å²) >= 11 is 0. The second-order valence-electron chi connectivity index (χ2n) is 8.36. The molecule has 2 aliphatic heterocycles. The maximum absolute atomic E-state index is 10.8. The van der Waals surface area contributed by atoms with Gasteiger partial charge in [-0.3, -0.25) is 4.79 Å². The number of piperidine rings is 1. The molecule has 0 saturated carbocycles. The van der Waals surface area contributed by atoms with Crippen molar-refractivity contribution in [2.45, 2.75) is 44.6 Å². The van der Waals surface area contributed by atoms with Crippen molar-refractivity contribution in [2.24, 2.45) is 5.92 Å². The summed E-state index contributed by atoms with van der Waals surface area (Å²) in [6.07, 6.45) is 22.1. The minimum Gasteiger partial charge on any atom is -0.481 e. The number of hydrogen-bond acceptors (Lipinski definition) is 4. The number of allylic oxidation sites excluding steroid dienone is 7. The number of ether oxygens (including phenoxy) is 2. The van der Waals surface area contributed by atoms with Crippen molar-refractivity contribution in [1.82, 2.24) is 4.90 Å². The maximum Gasteiger partial charge on any atom is 0.303 e. The van der Waals surface area contributed by atoms with E-state index in [0.29, 0.717) is 12.3 Å². The fraction of sp³-hybridized carbons (Fsp3) is 0.480. The van der Waals surface area contributed by atoms with Crippen LogP contribution in [0.25, 0.3) is 0 Å². The van der Waals surface area contributed by atoms with E-state index in [1.807, 2.05) is 12.3 Å². The number of carbonyl (C=O) groups is 1. The van der Waals surface area contributed by atoms with E-state index in [1.54, 1.807) is 0 Å². The summed E-state index contributed by atoms with van der Waals surface area (Å²) in [5.74, 6) is -0.109. The highest BCUT2D eigenvalue weighted by molar-refractivity contribution is 5.66. The Labute approximate surface area is 178 Å². The first-order valence-corrected chi connectivity index (χ1v) is 11.0. The van der Waals surface area contributed by atoms with E-state index in [1.165, 1.54) is 16.7 Å². The molecule has 5 heteroatoms. The first-order chi connectivity index (χ1) is 14.7. The third-order valence-electron chi connectivity index (χ3n) is 6.35. The maximum atomic E-state index is 10.8. The van der Waals surface area contributed by atoms with Gasteiger partial charge in [-0.25, -0.2) is 0 Å². The van der Waals surface area contributed by atoms with Gasteiger partial charge in [-0.05, 0) is 67.8 Å². The Bertz CT molecular complexity index is 822. The van der Waals surface area contributed by atoms with Crippen LogP contribution in [-0.2, 0) is 14.3 Å². The van der Waals surface area contributed by atoms with Crippen molar-refractivity contribution in [2.75, 3.05) is 26.4 Å². The quantitative estimate of drug-likeness (QED) is 0.699. The molecule has 4 rings (SSSR count). The van der Waals surface area contributed by atoms with Crippen LogP contribution in [0.4, 0.5) is 0 Å². The third-order valence-corrected chi connectivity index (χ3v) is 6.35. The molecule has 1 saturated heterocycles. The predicted octanol–water partition coefficient (Wildman–Crippen LogP) is 4.52. The molecule has 2 heterocycles. The zero-order valence-corrected chi connectivity index (χ0v) is 17.5. The molecule has 0 aromatic carbocycles. The Balaban J connectivity index is 1.39. The average molecular weight is 410 g/mol. The Morgan fingerprint density at radius 1 is 1.23 bits per heavy atom. The monoisotopic (exact) mass is 409 g/mol. The van der Waals surface area contributed by atoms with Gasteiger partial charge in [0.05, 0.1) is 6.26 Å². The molecular formula is C25H31NO4. The molecule has 1 unspecified atom stereocenters. The summed E-state index contributed by atoms with van der Waals surface area (Å²) in [5, 5.41) is 8.87. The van der Waals surface area contributed by atoms with E-state index in [4.69, 9.17) is 14.6 Å². The second kappa shape index (κ2) is 10.1. The normalized spacial score (nSPS) is 25.9. The van der Waals surface area contributed by atoms with Crippen LogP contribution < -0.4 is 0 Å². The largest absolute Gasteiger partial charge is 0.481 e. The van der Waals surface area contributed by atoms with Gasteiger partial charge in [0.2, 0.25) is 0 Å². The predicted molar refractivity (Wildman–Crippen MR) is 117 cm³/mol. The molecule has 1 N–H and O–H groups in total. The topological polar surface area (TPSA) is 59.0 Å². The minimum atomic E-state index is -0.676. The zero-order valence-electron chi connectivity index (χ0n) is 17.5. The van der Waals surface area contributed by atoms with Crippen LogP contribution in [0.1, 0.15) is 38.5 Å². The fourth-order valence-corrected chi connectivity index (χ4v) is 4.70. The van der Waals surface area contributed by atoms with Crippen LogP contribution in [0.2, 0.25) is 0 Å². The molecule has 30 heavy (non-hydrogen) atoms. The van der Waals surface area contributed by atoms with E-state index < -0.39 is 5.97 Å².